The van der Waals surface area contributed by atoms with Crippen LogP contribution in [-0.4, -0.2) is 9.61 Å². The van der Waals surface area contributed by atoms with Gasteiger partial charge in [0.25, 0.3) is 0 Å². The Morgan fingerprint density at radius 2 is 2.05 bits per heavy atom. The number of fused-ring (bicyclic) bond motifs is 1. The number of aromatic nitrogens is 2. The largest absolute Gasteiger partial charge is 0.271 e. The van der Waals surface area contributed by atoms with Crippen molar-refractivity contribution in [3.8, 4) is 0 Å². The van der Waals surface area contributed by atoms with E-state index in [4.69, 9.17) is 5.84 Å². The van der Waals surface area contributed by atoms with Crippen molar-refractivity contribution in [2.24, 2.45) is 17.7 Å². The van der Waals surface area contributed by atoms with Gasteiger partial charge in [0.2, 0.25) is 0 Å². The predicted molar refractivity (Wildman–Crippen MR) is 78.5 cm³/mol. The second-order valence-corrected chi connectivity index (χ2v) is 5.82. The van der Waals surface area contributed by atoms with Gasteiger partial charge in [0.05, 0.1) is 11.7 Å². The first-order valence-electron chi connectivity index (χ1n) is 7.00. The van der Waals surface area contributed by atoms with Gasteiger partial charge in [-0.05, 0) is 36.8 Å². The van der Waals surface area contributed by atoms with Crippen LogP contribution >= 0.6 is 0 Å². The van der Waals surface area contributed by atoms with Gasteiger partial charge in [-0.15, -0.1) is 0 Å². The molecule has 0 fully saturated rings. The summed E-state index contributed by atoms with van der Waals surface area (Å²) >= 11 is 0. The van der Waals surface area contributed by atoms with Crippen LogP contribution in [0.25, 0.3) is 5.52 Å². The third-order valence-electron chi connectivity index (χ3n) is 3.54. The summed E-state index contributed by atoms with van der Waals surface area (Å²) in [6.45, 7) is 6.81. The highest BCUT2D eigenvalue weighted by Crippen LogP contribution is 2.27. The molecule has 2 heterocycles. The first-order valence-corrected chi connectivity index (χ1v) is 7.00. The molecule has 0 saturated carbocycles. The summed E-state index contributed by atoms with van der Waals surface area (Å²) in [4.78, 5) is 0. The molecule has 3 N–H and O–H groups in total. The molecule has 2 rings (SSSR count). The number of hydrazine groups is 1. The zero-order chi connectivity index (χ0) is 13.8. The van der Waals surface area contributed by atoms with E-state index in [2.05, 4.69) is 37.4 Å². The third kappa shape index (κ3) is 3.33. The number of nitrogens with two attached hydrogens (primary N) is 1. The first kappa shape index (κ1) is 14.0. The molecule has 0 bridgehead atoms. The van der Waals surface area contributed by atoms with Crippen molar-refractivity contribution in [2.75, 3.05) is 0 Å². The average molecular weight is 260 g/mol. The van der Waals surface area contributed by atoms with Crippen molar-refractivity contribution in [2.45, 2.75) is 39.7 Å². The van der Waals surface area contributed by atoms with Gasteiger partial charge in [0, 0.05) is 17.8 Å². The number of hydrogen-bond acceptors (Lipinski definition) is 3. The van der Waals surface area contributed by atoms with E-state index in [-0.39, 0.29) is 6.04 Å². The molecule has 19 heavy (non-hydrogen) atoms. The molecule has 2 atom stereocenters. The Balaban J connectivity index is 2.17. The van der Waals surface area contributed by atoms with Gasteiger partial charge < -0.3 is 0 Å². The molecular weight excluding hydrogens is 236 g/mol. The normalized spacial score (nSPS) is 15.0. The lowest BCUT2D eigenvalue weighted by atomic mass is 9.90. The van der Waals surface area contributed by atoms with Crippen LogP contribution in [0.4, 0.5) is 0 Å². The lowest BCUT2D eigenvalue weighted by molar-refractivity contribution is 0.360. The molecule has 0 amide bonds. The maximum Gasteiger partial charge on any atom is 0.0709 e. The number of nitrogens with zero attached hydrogens (tertiary/aromatic N) is 2. The van der Waals surface area contributed by atoms with Gasteiger partial charge in [0.15, 0.2) is 0 Å². The molecule has 0 aliphatic heterocycles. The molecule has 4 heteroatoms. The minimum atomic E-state index is 0.161. The number of rotatable bonds is 6. The molecule has 2 aromatic heterocycles. The van der Waals surface area contributed by atoms with E-state index < -0.39 is 0 Å². The van der Waals surface area contributed by atoms with Gasteiger partial charge in [-0.3, -0.25) is 11.3 Å². The Bertz CT molecular complexity index is 518. The van der Waals surface area contributed by atoms with Crippen LogP contribution in [0.1, 0.15) is 45.2 Å². The molecule has 104 valence electrons. The third-order valence-corrected chi connectivity index (χ3v) is 3.54. The smallest absolute Gasteiger partial charge is 0.0709 e. The maximum atomic E-state index is 5.75. The van der Waals surface area contributed by atoms with Crippen molar-refractivity contribution in [1.82, 2.24) is 15.0 Å². The highest BCUT2D eigenvalue weighted by atomic mass is 15.3. The van der Waals surface area contributed by atoms with E-state index in [1.807, 2.05) is 29.0 Å². The number of hydrogen-bond donors (Lipinski definition) is 2. The van der Waals surface area contributed by atoms with E-state index in [0.717, 1.165) is 17.9 Å². The second-order valence-electron chi connectivity index (χ2n) is 5.82. The van der Waals surface area contributed by atoms with E-state index >= 15 is 0 Å². The summed E-state index contributed by atoms with van der Waals surface area (Å²) in [5, 5.41) is 4.38. The van der Waals surface area contributed by atoms with Crippen LogP contribution < -0.4 is 11.3 Å². The van der Waals surface area contributed by atoms with Crippen LogP contribution in [0.15, 0.2) is 30.6 Å². The minimum absolute atomic E-state index is 0.161. The van der Waals surface area contributed by atoms with Gasteiger partial charge in [-0.25, -0.2) is 4.52 Å². The monoisotopic (exact) mass is 260 g/mol. The van der Waals surface area contributed by atoms with E-state index in [1.165, 1.54) is 12.0 Å². The first-order chi connectivity index (χ1) is 9.11. The molecule has 0 spiro atoms. The van der Waals surface area contributed by atoms with Crippen LogP contribution in [-0.2, 0) is 0 Å². The maximum absolute atomic E-state index is 5.75. The fourth-order valence-electron chi connectivity index (χ4n) is 2.81. The summed E-state index contributed by atoms with van der Waals surface area (Å²) in [5.41, 5.74) is 5.25. The highest BCUT2D eigenvalue weighted by molar-refractivity contribution is 5.54. The van der Waals surface area contributed by atoms with Crippen molar-refractivity contribution >= 4 is 5.52 Å². The highest BCUT2D eigenvalue weighted by Gasteiger charge is 2.18. The molecule has 0 aliphatic rings. The van der Waals surface area contributed by atoms with E-state index in [1.54, 1.807) is 0 Å². The SMILES string of the molecule is CC(C)CC(C)CC(NN)c1cnn2ccccc12. The minimum Gasteiger partial charge on any atom is -0.271 e. The second kappa shape index (κ2) is 6.17. The van der Waals surface area contributed by atoms with Gasteiger partial charge >= 0.3 is 0 Å². The number of nitrogens with one attached hydrogen (secondary N) is 1. The molecule has 0 radical (unpaired) electrons. The average Bonchev–Trinajstić information content (AvgIpc) is 2.79. The Hall–Kier alpha value is -1.39. The van der Waals surface area contributed by atoms with E-state index in [9.17, 15) is 0 Å². The molecular formula is C15H24N4. The Labute approximate surface area is 115 Å². The molecule has 0 aromatic carbocycles. The van der Waals surface area contributed by atoms with Crippen LogP contribution in [0.2, 0.25) is 0 Å². The Kier molecular flexibility index (Phi) is 4.56. The van der Waals surface area contributed by atoms with Crippen molar-refractivity contribution in [1.29, 1.82) is 0 Å². The van der Waals surface area contributed by atoms with Crippen LogP contribution in [0, 0.1) is 11.8 Å². The summed E-state index contributed by atoms with van der Waals surface area (Å²) < 4.78 is 1.90. The standard InChI is InChI=1S/C15H24N4/c1-11(2)8-12(3)9-14(18-16)13-10-17-19-7-5-4-6-15(13)19/h4-7,10-12,14,18H,8-9,16H2,1-3H3. The lowest BCUT2D eigenvalue weighted by Crippen LogP contribution is -2.29. The topological polar surface area (TPSA) is 55.3 Å². The van der Waals surface area contributed by atoms with E-state index in [0.29, 0.717) is 5.92 Å². The van der Waals surface area contributed by atoms with Crippen LogP contribution in [0.3, 0.4) is 0 Å². The van der Waals surface area contributed by atoms with Crippen molar-refractivity contribution in [3.05, 3.63) is 36.2 Å². The fraction of sp³-hybridized carbons (Fsp3) is 0.533. The Morgan fingerprint density at radius 1 is 1.26 bits per heavy atom. The quantitative estimate of drug-likeness (QED) is 0.620. The van der Waals surface area contributed by atoms with Crippen molar-refractivity contribution in [3.63, 3.8) is 0 Å². The molecule has 2 aromatic rings. The molecule has 0 aliphatic carbocycles. The van der Waals surface area contributed by atoms with Crippen molar-refractivity contribution < 1.29 is 0 Å². The molecule has 2 unspecified atom stereocenters. The van der Waals surface area contributed by atoms with Gasteiger partial charge in [-0.1, -0.05) is 26.8 Å². The number of pyridine rings is 1. The lowest BCUT2D eigenvalue weighted by Gasteiger charge is -2.21. The molecule has 0 saturated heterocycles. The zero-order valence-electron chi connectivity index (χ0n) is 12.0. The van der Waals surface area contributed by atoms with Gasteiger partial charge in [-0.2, -0.15) is 5.10 Å². The van der Waals surface area contributed by atoms with Gasteiger partial charge in [0.1, 0.15) is 0 Å². The zero-order valence-corrected chi connectivity index (χ0v) is 12.0. The summed E-state index contributed by atoms with van der Waals surface area (Å²) in [5.74, 6) is 7.11. The Morgan fingerprint density at radius 3 is 2.74 bits per heavy atom. The van der Waals surface area contributed by atoms with Crippen LogP contribution in [0.5, 0.6) is 0 Å². The summed E-state index contributed by atoms with van der Waals surface area (Å²) in [7, 11) is 0. The fourth-order valence-corrected chi connectivity index (χ4v) is 2.81. The summed E-state index contributed by atoms with van der Waals surface area (Å²) in [6.07, 6.45) is 6.13. The predicted octanol–water partition coefficient (Wildman–Crippen LogP) is 2.91. The molecule has 4 nitrogen and oxygen atoms in total. The summed E-state index contributed by atoms with van der Waals surface area (Å²) in [6, 6.07) is 6.26.